The van der Waals surface area contributed by atoms with E-state index in [9.17, 15) is 4.79 Å². The lowest BCUT2D eigenvalue weighted by Crippen LogP contribution is -2.11. The molecule has 3 aromatic rings. The van der Waals surface area contributed by atoms with Gasteiger partial charge in [0.05, 0.1) is 11.4 Å². The van der Waals surface area contributed by atoms with Crippen LogP contribution in [-0.4, -0.2) is 15.5 Å². The fraction of sp³-hybridized carbons (Fsp3) is 0.263. The minimum Gasteiger partial charge on any atom is -0.346 e. The molecule has 0 atom stereocenters. The van der Waals surface area contributed by atoms with E-state index in [1.54, 1.807) is 0 Å². The fourth-order valence-electron chi connectivity index (χ4n) is 2.84. The quantitative estimate of drug-likeness (QED) is 0.741. The lowest BCUT2D eigenvalue weighted by atomic mass is 10.1. The highest BCUT2D eigenvalue weighted by molar-refractivity contribution is 7.17. The predicted molar refractivity (Wildman–Crippen MR) is 99.8 cm³/mol. The summed E-state index contributed by atoms with van der Waals surface area (Å²) in [6.07, 6.45) is 2.03. The van der Waals surface area contributed by atoms with Crippen molar-refractivity contribution in [3.63, 3.8) is 0 Å². The van der Waals surface area contributed by atoms with Crippen LogP contribution in [0.15, 0.2) is 36.5 Å². The molecule has 0 unspecified atom stereocenters. The molecule has 0 radical (unpaired) electrons. The number of aromatic nitrogens is 2. The maximum absolute atomic E-state index is 12.6. The summed E-state index contributed by atoms with van der Waals surface area (Å²) < 4.78 is 2.13. The molecule has 0 aliphatic rings. The van der Waals surface area contributed by atoms with Gasteiger partial charge in [-0.15, -0.1) is 11.3 Å². The molecule has 124 valence electrons. The Morgan fingerprint density at radius 3 is 2.58 bits per heavy atom. The number of rotatable bonds is 4. The van der Waals surface area contributed by atoms with E-state index >= 15 is 0 Å². The molecule has 0 saturated heterocycles. The molecule has 2 aromatic heterocycles. The van der Waals surface area contributed by atoms with Crippen molar-refractivity contribution in [2.24, 2.45) is 0 Å². The summed E-state index contributed by atoms with van der Waals surface area (Å²) in [4.78, 5) is 17.9. The average molecular weight is 339 g/mol. The van der Waals surface area contributed by atoms with Crippen LogP contribution < -0.4 is 5.32 Å². The highest BCUT2D eigenvalue weighted by Crippen LogP contribution is 2.29. The van der Waals surface area contributed by atoms with Gasteiger partial charge in [-0.05, 0) is 63.1 Å². The Hall–Kier alpha value is -2.40. The van der Waals surface area contributed by atoms with Crippen LogP contribution in [0.4, 0.5) is 5.69 Å². The van der Waals surface area contributed by atoms with Gasteiger partial charge in [0.15, 0.2) is 0 Å². The van der Waals surface area contributed by atoms with Crippen molar-refractivity contribution in [1.29, 1.82) is 0 Å². The number of hydrogen-bond acceptors (Lipinski definition) is 3. The van der Waals surface area contributed by atoms with E-state index in [2.05, 4.69) is 27.9 Å². The fourth-order valence-corrected chi connectivity index (χ4v) is 3.84. The van der Waals surface area contributed by atoms with Crippen LogP contribution in [0, 0.1) is 20.8 Å². The van der Waals surface area contributed by atoms with Gasteiger partial charge in [0.25, 0.3) is 5.91 Å². The zero-order valence-corrected chi connectivity index (χ0v) is 15.2. The van der Waals surface area contributed by atoms with Gasteiger partial charge in [0.1, 0.15) is 9.88 Å². The molecule has 3 rings (SSSR count). The number of thiazole rings is 1. The summed E-state index contributed by atoms with van der Waals surface area (Å²) >= 11 is 1.44. The second-order valence-corrected chi connectivity index (χ2v) is 6.94. The summed E-state index contributed by atoms with van der Waals surface area (Å²) in [5.74, 6) is -0.101. The van der Waals surface area contributed by atoms with Crippen LogP contribution in [0.3, 0.4) is 0 Å². The van der Waals surface area contributed by atoms with Gasteiger partial charge in [-0.3, -0.25) is 4.79 Å². The van der Waals surface area contributed by atoms with Crippen molar-refractivity contribution in [1.82, 2.24) is 9.55 Å². The van der Waals surface area contributed by atoms with Gasteiger partial charge in [-0.1, -0.05) is 6.07 Å². The lowest BCUT2D eigenvalue weighted by molar-refractivity contribution is 0.103. The van der Waals surface area contributed by atoms with Crippen molar-refractivity contribution in [2.75, 3.05) is 5.32 Å². The number of hydrogen-bond donors (Lipinski definition) is 1. The van der Waals surface area contributed by atoms with Crippen LogP contribution in [0.5, 0.6) is 0 Å². The highest BCUT2D eigenvalue weighted by atomic mass is 32.1. The maximum Gasteiger partial charge on any atom is 0.267 e. The monoisotopic (exact) mass is 339 g/mol. The molecule has 0 saturated carbocycles. The normalized spacial score (nSPS) is 10.8. The molecular formula is C19H21N3OS. The summed E-state index contributed by atoms with van der Waals surface area (Å²) in [7, 11) is 0. The van der Waals surface area contributed by atoms with Gasteiger partial charge in [0.2, 0.25) is 0 Å². The Balaban J connectivity index is 1.88. The van der Waals surface area contributed by atoms with Crippen molar-refractivity contribution in [3.8, 4) is 10.7 Å². The van der Waals surface area contributed by atoms with E-state index in [0.29, 0.717) is 4.88 Å². The minimum atomic E-state index is -0.101. The van der Waals surface area contributed by atoms with E-state index in [-0.39, 0.29) is 5.91 Å². The molecule has 0 spiro atoms. The topological polar surface area (TPSA) is 46.9 Å². The molecule has 0 bridgehead atoms. The third kappa shape index (κ3) is 3.26. The third-order valence-electron chi connectivity index (χ3n) is 3.87. The van der Waals surface area contributed by atoms with E-state index in [0.717, 1.165) is 39.8 Å². The molecule has 1 aromatic carbocycles. The van der Waals surface area contributed by atoms with Gasteiger partial charge < -0.3 is 9.88 Å². The van der Waals surface area contributed by atoms with Crippen LogP contribution in [0.2, 0.25) is 0 Å². The smallest absolute Gasteiger partial charge is 0.267 e. The average Bonchev–Trinajstić information content (AvgIpc) is 3.11. The molecular weight excluding hydrogens is 318 g/mol. The number of benzene rings is 1. The number of nitrogens with zero attached hydrogens (tertiary/aromatic N) is 2. The van der Waals surface area contributed by atoms with Gasteiger partial charge >= 0.3 is 0 Å². The molecule has 0 aliphatic carbocycles. The Labute approximate surface area is 146 Å². The molecule has 1 amide bonds. The maximum atomic E-state index is 12.6. The number of aryl methyl sites for hydroxylation is 4. The largest absolute Gasteiger partial charge is 0.346 e. The number of carbonyl (C=O) groups is 1. The third-order valence-corrected chi connectivity index (χ3v) is 5.05. The SMILES string of the molecule is CCn1cccc1-c1nc(C)c(C(=O)Nc2cc(C)cc(C)c2)s1. The van der Waals surface area contributed by atoms with E-state index < -0.39 is 0 Å². The molecule has 0 aliphatic heterocycles. The first-order chi connectivity index (χ1) is 11.5. The van der Waals surface area contributed by atoms with Gasteiger partial charge in [-0.2, -0.15) is 0 Å². The summed E-state index contributed by atoms with van der Waals surface area (Å²) in [5.41, 5.74) is 4.90. The first kappa shape index (κ1) is 16.5. The van der Waals surface area contributed by atoms with Crippen LogP contribution in [-0.2, 0) is 6.54 Å². The van der Waals surface area contributed by atoms with E-state index in [1.165, 1.54) is 11.3 Å². The van der Waals surface area contributed by atoms with E-state index in [1.807, 2.05) is 51.2 Å². The van der Waals surface area contributed by atoms with Crippen LogP contribution in [0.25, 0.3) is 10.7 Å². The van der Waals surface area contributed by atoms with Crippen molar-refractivity contribution in [3.05, 3.63) is 58.2 Å². The summed E-state index contributed by atoms with van der Waals surface area (Å²) in [5, 5.41) is 3.87. The number of nitrogens with one attached hydrogen (secondary N) is 1. The second kappa shape index (κ2) is 6.61. The zero-order chi connectivity index (χ0) is 17.3. The number of carbonyl (C=O) groups excluding carboxylic acids is 1. The molecule has 4 nitrogen and oxygen atoms in total. The molecule has 24 heavy (non-hydrogen) atoms. The van der Waals surface area contributed by atoms with Crippen molar-refractivity contribution < 1.29 is 4.79 Å². The standard InChI is InChI=1S/C19H21N3OS/c1-5-22-8-6-7-16(22)19-20-14(4)17(24-19)18(23)21-15-10-12(2)9-13(3)11-15/h6-11H,5H2,1-4H3,(H,21,23). The number of anilines is 1. The zero-order valence-electron chi connectivity index (χ0n) is 14.4. The Bertz CT molecular complexity index is 872. The van der Waals surface area contributed by atoms with Gasteiger partial charge in [0, 0.05) is 18.4 Å². The Morgan fingerprint density at radius 2 is 1.92 bits per heavy atom. The first-order valence-corrected chi connectivity index (χ1v) is 8.82. The lowest BCUT2D eigenvalue weighted by Gasteiger charge is -2.06. The molecule has 1 N–H and O–H groups in total. The highest BCUT2D eigenvalue weighted by Gasteiger charge is 2.18. The van der Waals surface area contributed by atoms with Crippen LogP contribution >= 0.6 is 11.3 Å². The van der Waals surface area contributed by atoms with Gasteiger partial charge in [-0.25, -0.2) is 4.98 Å². The molecule has 0 fully saturated rings. The molecule has 5 heteroatoms. The van der Waals surface area contributed by atoms with Crippen molar-refractivity contribution >= 4 is 22.9 Å². The summed E-state index contributed by atoms with van der Waals surface area (Å²) in [6, 6.07) is 10.1. The second-order valence-electron chi connectivity index (χ2n) is 5.94. The summed E-state index contributed by atoms with van der Waals surface area (Å²) in [6.45, 7) is 8.91. The Kier molecular flexibility index (Phi) is 4.53. The molecule has 2 heterocycles. The predicted octanol–water partition coefficient (Wildman–Crippen LogP) is 4.81. The van der Waals surface area contributed by atoms with Crippen LogP contribution in [0.1, 0.15) is 33.4 Å². The number of amides is 1. The van der Waals surface area contributed by atoms with Crippen molar-refractivity contribution in [2.45, 2.75) is 34.2 Å². The minimum absolute atomic E-state index is 0.101. The Morgan fingerprint density at radius 1 is 1.21 bits per heavy atom. The first-order valence-electron chi connectivity index (χ1n) is 8.00. The van der Waals surface area contributed by atoms with E-state index in [4.69, 9.17) is 0 Å².